The van der Waals surface area contributed by atoms with E-state index in [0.29, 0.717) is 10.8 Å². The molecule has 3 N–H and O–H groups in total. The first-order chi connectivity index (χ1) is 8.58. The van der Waals surface area contributed by atoms with Crippen LogP contribution in [0, 0.1) is 19.8 Å². The number of hydrogen-bond donors (Lipinski definition) is 2. The number of aryl methyl sites for hydroxylation is 2. The van der Waals surface area contributed by atoms with Crippen molar-refractivity contribution in [1.82, 2.24) is 10.3 Å². The Kier molecular flexibility index (Phi) is 2.88. The van der Waals surface area contributed by atoms with Crippen LogP contribution in [-0.2, 0) is 4.74 Å². The molecule has 0 spiro atoms. The summed E-state index contributed by atoms with van der Waals surface area (Å²) in [6, 6.07) is -0.0254. The SMILES string of the molecule is Cc1nc(C)c(C(=O)NC2C(N)C3CCOC32)s1. The number of aromatic nitrogens is 1. The predicted octanol–water partition coefficient (Wildman–Crippen LogP) is 0.604. The van der Waals surface area contributed by atoms with Gasteiger partial charge in [-0.25, -0.2) is 4.98 Å². The van der Waals surface area contributed by atoms with Crippen LogP contribution in [0.3, 0.4) is 0 Å². The van der Waals surface area contributed by atoms with E-state index in [2.05, 4.69) is 10.3 Å². The summed E-state index contributed by atoms with van der Waals surface area (Å²) in [5, 5.41) is 3.90. The molecule has 1 saturated carbocycles. The van der Waals surface area contributed by atoms with Crippen LogP contribution in [0.25, 0.3) is 0 Å². The van der Waals surface area contributed by atoms with E-state index in [-0.39, 0.29) is 24.1 Å². The number of carbonyl (C=O) groups is 1. The lowest BCUT2D eigenvalue weighted by Crippen LogP contribution is -2.68. The molecule has 4 unspecified atom stereocenters. The number of rotatable bonds is 2. The minimum Gasteiger partial charge on any atom is -0.376 e. The smallest absolute Gasteiger partial charge is 0.263 e. The van der Waals surface area contributed by atoms with Crippen LogP contribution >= 0.6 is 11.3 Å². The summed E-state index contributed by atoms with van der Waals surface area (Å²) < 4.78 is 5.60. The second-order valence-corrected chi connectivity index (χ2v) is 6.22. The topological polar surface area (TPSA) is 77.2 Å². The van der Waals surface area contributed by atoms with Crippen molar-refractivity contribution in [2.24, 2.45) is 11.7 Å². The number of thiazole rings is 1. The zero-order valence-corrected chi connectivity index (χ0v) is 11.3. The lowest BCUT2D eigenvalue weighted by atomic mass is 9.72. The van der Waals surface area contributed by atoms with Crippen LogP contribution in [0.2, 0.25) is 0 Å². The van der Waals surface area contributed by atoms with E-state index in [1.165, 1.54) is 11.3 Å². The third kappa shape index (κ3) is 1.75. The molecule has 3 rings (SSSR count). The van der Waals surface area contributed by atoms with Gasteiger partial charge >= 0.3 is 0 Å². The molecule has 0 bridgehead atoms. The van der Waals surface area contributed by atoms with Crippen molar-refractivity contribution in [3.05, 3.63) is 15.6 Å². The predicted molar refractivity (Wildman–Crippen MR) is 68.7 cm³/mol. The van der Waals surface area contributed by atoms with Gasteiger partial charge in [0.1, 0.15) is 4.88 Å². The molecule has 0 radical (unpaired) electrons. The molecule has 1 saturated heterocycles. The second-order valence-electron chi connectivity index (χ2n) is 5.01. The number of ether oxygens (including phenoxy) is 1. The van der Waals surface area contributed by atoms with Gasteiger partial charge < -0.3 is 15.8 Å². The normalized spacial score (nSPS) is 33.9. The van der Waals surface area contributed by atoms with E-state index in [1.807, 2.05) is 13.8 Å². The van der Waals surface area contributed by atoms with Gasteiger partial charge in [0.2, 0.25) is 0 Å². The number of nitrogens with one attached hydrogen (secondary N) is 1. The number of nitrogens with two attached hydrogens (primary N) is 1. The van der Waals surface area contributed by atoms with Gasteiger partial charge in [-0.05, 0) is 20.3 Å². The Labute approximate surface area is 110 Å². The molecule has 2 aliphatic rings. The number of carbonyl (C=O) groups excluding carboxylic acids is 1. The van der Waals surface area contributed by atoms with E-state index in [4.69, 9.17) is 10.5 Å². The van der Waals surface area contributed by atoms with Gasteiger partial charge in [-0.3, -0.25) is 4.79 Å². The van der Waals surface area contributed by atoms with E-state index in [1.54, 1.807) is 0 Å². The van der Waals surface area contributed by atoms with Crippen molar-refractivity contribution in [3.63, 3.8) is 0 Å². The van der Waals surface area contributed by atoms with E-state index < -0.39 is 0 Å². The maximum atomic E-state index is 12.2. The summed E-state index contributed by atoms with van der Waals surface area (Å²) in [7, 11) is 0. The first-order valence-corrected chi connectivity index (χ1v) is 7.01. The number of hydrogen-bond acceptors (Lipinski definition) is 5. The second kappa shape index (κ2) is 4.29. The van der Waals surface area contributed by atoms with Crippen LogP contribution < -0.4 is 11.1 Å². The highest BCUT2D eigenvalue weighted by Crippen LogP contribution is 2.38. The van der Waals surface area contributed by atoms with Gasteiger partial charge in [-0.1, -0.05) is 0 Å². The minimum atomic E-state index is -0.0764. The molecule has 2 fully saturated rings. The molecule has 1 aromatic rings. The number of fused-ring (bicyclic) bond motifs is 1. The van der Waals surface area contributed by atoms with Gasteiger partial charge in [0, 0.05) is 18.6 Å². The average Bonchev–Trinajstić information content (AvgIpc) is 2.89. The molecule has 1 amide bonds. The molecule has 0 aromatic carbocycles. The quantitative estimate of drug-likeness (QED) is 0.823. The minimum absolute atomic E-state index is 0.0239. The largest absolute Gasteiger partial charge is 0.376 e. The van der Waals surface area contributed by atoms with Crippen molar-refractivity contribution in [2.45, 2.75) is 38.5 Å². The molecular weight excluding hydrogens is 250 g/mol. The van der Waals surface area contributed by atoms with Crippen molar-refractivity contribution in [2.75, 3.05) is 6.61 Å². The van der Waals surface area contributed by atoms with Crippen LogP contribution in [0.1, 0.15) is 26.8 Å². The first-order valence-electron chi connectivity index (χ1n) is 6.20. The molecule has 1 aliphatic heterocycles. The highest BCUT2D eigenvalue weighted by atomic mass is 32.1. The Morgan fingerprint density at radius 3 is 3.00 bits per heavy atom. The molecule has 1 aromatic heterocycles. The molecule has 2 heterocycles. The average molecular weight is 267 g/mol. The van der Waals surface area contributed by atoms with E-state index in [0.717, 1.165) is 23.7 Å². The fourth-order valence-corrected chi connectivity index (χ4v) is 3.71. The highest BCUT2D eigenvalue weighted by molar-refractivity contribution is 7.13. The third-order valence-corrected chi connectivity index (χ3v) is 4.93. The molecule has 98 valence electrons. The Bertz CT molecular complexity index is 488. The number of nitrogens with zero attached hydrogens (tertiary/aromatic N) is 1. The summed E-state index contributed by atoms with van der Waals surface area (Å²) in [5.41, 5.74) is 6.85. The Balaban J connectivity index is 1.70. The summed E-state index contributed by atoms with van der Waals surface area (Å²) in [5.74, 6) is 0.340. The molecule has 6 heteroatoms. The molecule has 18 heavy (non-hydrogen) atoms. The number of amides is 1. The van der Waals surface area contributed by atoms with Crippen molar-refractivity contribution < 1.29 is 9.53 Å². The fourth-order valence-electron chi connectivity index (χ4n) is 2.89. The molecule has 5 nitrogen and oxygen atoms in total. The fraction of sp³-hybridized carbons (Fsp3) is 0.667. The maximum absolute atomic E-state index is 12.2. The Morgan fingerprint density at radius 2 is 2.33 bits per heavy atom. The standard InChI is InChI=1S/C12H17N3O2S/c1-5-11(18-6(2)14-5)12(16)15-9-8(13)7-3-4-17-10(7)9/h7-10H,3-4,13H2,1-2H3,(H,15,16). The van der Waals surface area contributed by atoms with Crippen LogP contribution in [0.5, 0.6) is 0 Å². The summed E-state index contributed by atoms with van der Waals surface area (Å²) in [6.07, 6.45) is 1.12. The Hall–Kier alpha value is -0.980. The van der Waals surface area contributed by atoms with Gasteiger partial charge in [0.05, 0.1) is 22.8 Å². The van der Waals surface area contributed by atoms with Gasteiger partial charge in [-0.2, -0.15) is 0 Å². The molecule has 1 aliphatic carbocycles. The van der Waals surface area contributed by atoms with Crippen LogP contribution in [-0.4, -0.2) is 35.7 Å². The summed E-state index contributed by atoms with van der Waals surface area (Å²) >= 11 is 1.42. The van der Waals surface area contributed by atoms with E-state index in [9.17, 15) is 4.79 Å². The zero-order valence-electron chi connectivity index (χ0n) is 10.5. The van der Waals surface area contributed by atoms with Crippen molar-refractivity contribution >= 4 is 17.2 Å². The van der Waals surface area contributed by atoms with Crippen LogP contribution in [0.15, 0.2) is 0 Å². The van der Waals surface area contributed by atoms with Gasteiger partial charge in [0.15, 0.2) is 0 Å². The van der Waals surface area contributed by atoms with E-state index >= 15 is 0 Å². The first kappa shape index (κ1) is 12.1. The van der Waals surface area contributed by atoms with Gasteiger partial charge in [-0.15, -0.1) is 11.3 Å². The van der Waals surface area contributed by atoms with Crippen molar-refractivity contribution in [1.29, 1.82) is 0 Å². The summed E-state index contributed by atoms with van der Waals surface area (Å²) in [4.78, 5) is 17.1. The molecule has 4 atom stereocenters. The lowest BCUT2D eigenvalue weighted by molar-refractivity contribution is -0.0160. The lowest BCUT2D eigenvalue weighted by Gasteiger charge is -2.45. The van der Waals surface area contributed by atoms with Crippen molar-refractivity contribution in [3.8, 4) is 0 Å². The Morgan fingerprint density at radius 1 is 1.56 bits per heavy atom. The molecular formula is C12H17N3O2S. The maximum Gasteiger partial charge on any atom is 0.263 e. The zero-order chi connectivity index (χ0) is 12.9. The van der Waals surface area contributed by atoms with Crippen LogP contribution in [0.4, 0.5) is 0 Å². The highest BCUT2D eigenvalue weighted by Gasteiger charge is 2.52. The third-order valence-electron chi connectivity index (χ3n) is 3.85. The summed E-state index contributed by atoms with van der Waals surface area (Å²) in [6.45, 7) is 4.52. The van der Waals surface area contributed by atoms with Gasteiger partial charge in [0.25, 0.3) is 5.91 Å². The monoisotopic (exact) mass is 267 g/mol.